The fourth-order valence-electron chi connectivity index (χ4n) is 1.63. The predicted molar refractivity (Wildman–Crippen MR) is 59.2 cm³/mol. The number of rotatable bonds is 3. The molecule has 0 fully saturated rings. The first-order valence-corrected chi connectivity index (χ1v) is 4.96. The Morgan fingerprint density at radius 2 is 2.19 bits per heavy atom. The van der Waals surface area contributed by atoms with Crippen LogP contribution in [0.25, 0.3) is 11.0 Å². The molecule has 0 saturated heterocycles. The number of H-pyrrole nitrogens is 1. The van der Waals surface area contributed by atoms with E-state index in [-0.39, 0.29) is 18.1 Å². The Kier molecular flexibility index (Phi) is 2.76. The molecule has 0 unspecified atom stereocenters. The van der Waals surface area contributed by atoms with Crippen LogP contribution in [0.15, 0.2) is 29.1 Å². The molecule has 84 valence electrons. The van der Waals surface area contributed by atoms with E-state index in [1.807, 2.05) is 24.3 Å². The molecule has 0 amide bonds. The zero-order valence-electron chi connectivity index (χ0n) is 8.90. The predicted octanol–water partition coefficient (Wildman–Crippen LogP) is 0.893. The van der Waals surface area contributed by atoms with Crippen molar-refractivity contribution in [2.45, 2.75) is 13.0 Å². The molecule has 1 N–H and O–H groups in total. The summed E-state index contributed by atoms with van der Waals surface area (Å²) >= 11 is 0. The largest absolute Gasteiger partial charge is 0.469 e. The van der Waals surface area contributed by atoms with Crippen LogP contribution in [0.2, 0.25) is 0 Å². The number of aryl methyl sites for hydroxylation is 1. The van der Waals surface area contributed by atoms with Crippen molar-refractivity contribution in [2.24, 2.45) is 0 Å². The van der Waals surface area contributed by atoms with Crippen LogP contribution in [0.3, 0.4) is 0 Å². The Bertz CT molecular complexity index is 568. The molecule has 0 aliphatic rings. The molecule has 0 atom stereocenters. The molecule has 1 heterocycles. The number of aromatic nitrogens is 2. The van der Waals surface area contributed by atoms with Gasteiger partial charge in [0.05, 0.1) is 24.6 Å². The summed E-state index contributed by atoms with van der Waals surface area (Å²) in [5, 5.41) is 0. The Balaban J connectivity index is 2.33. The number of hydrogen-bond donors (Lipinski definition) is 1. The van der Waals surface area contributed by atoms with Gasteiger partial charge in [0.1, 0.15) is 0 Å². The van der Waals surface area contributed by atoms with Crippen LogP contribution in [0.5, 0.6) is 0 Å². The van der Waals surface area contributed by atoms with Gasteiger partial charge in [0.25, 0.3) is 0 Å². The van der Waals surface area contributed by atoms with Crippen molar-refractivity contribution in [3.8, 4) is 0 Å². The lowest BCUT2D eigenvalue weighted by molar-refractivity contribution is -0.140. The number of nitrogens with one attached hydrogen (secondary N) is 1. The number of nitrogens with zero attached hydrogens (tertiary/aromatic N) is 1. The number of methoxy groups -OCH3 is 1. The van der Waals surface area contributed by atoms with E-state index in [0.29, 0.717) is 6.54 Å². The average molecular weight is 220 g/mol. The zero-order valence-corrected chi connectivity index (χ0v) is 8.90. The van der Waals surface area contributed by atoms with Gasteiger partial charge in [0.2, 0.25) is 0 Å². The number of aromatic amines is 1. The minimum Gasteiger partial charge on any atom is -0.469 e. The number of carbonyl (C=O) groups is 1. The van der Waals surface area contributed by atoms with E-state index in [1.54, 1.807) is 0 Å². The molecule has 0 aliphatic carbocycles. The molecule has 2 aromatic rings. The summed E-state index contributed by atoms with van der Waals surface area (Å²) in [6.45, 7) is 0.329. The second-order valence-corrected chi connectivity index (χ2v) is 3.43. The lowest BCUT2D eigenvalue weighted by atomic mass is 10.3. The third kappa shape index (κ3) is 1.84. The number of benzene rings is 1. The molecule has 1 aromatic carbocycles. The first-order chi connectivity index (χ1) is 7.72. The third-order valence-corrected chi connectivity index (χ3v) is 2.45. The normalized spacial score (nSPS) is 10.6. The highest BCUT2D eigenvalue weighted by atomic mass is 16.5. The Morgan fingerprint density at radius 3 is 2.94 bits per heavy atom. The smallest absolute Gasteiger partial charge is 0.326 e. The van der Waals surface area contributed by atoms with E-state index in [2.05, 4.69) is 9.72 Å². The molecular formula is C11H12N2O3. The second-order valence-electron chi connectivity index (χ2n) is 3.43. The number of imidazole rings is 1. The fourth-order valence-corrected chi connectivity index (χ4v) is 1.63. The summed E-state index contributed by atoms with van der Waals surface area (Å²) in [7, 11) is 1.33. The Hall–Kier alpha value is -2.04. The minimum absolute atomic E-state index is 0.193. The van der Waals surface area contributed by atoms with E-state index in [9.17, 15) is 9.59 Å². The van der Waals surface area contributed by atoms with Gasteiger partial charge in [-0.1, -0.05) is 12.1 Å². The molecule has 5 nitrogen and oxygen atoms in total. The van der Waals surface area contributed by atoms with E-state index in [4.69, 9.17) is 0 Å². The molecule has 0 bridgehead atoms. The minimum atomic E-state index is -0.322. The number of fused-ring (bicyclic) bond motifs is 1. The first-order valence-electron chi connectivity index (χ1n) is 4.96. The molecular weight excluding hydrogens is 208 g/mol. The molecule has 0 spiro atoms. The van der Waals surface area contributed by atoms with Crippen LogP contribution in [-0.2, 0) is 16.1 Å². The maximum absolute atomic E-state index is 11.6. The van der Waals surface area contributed by atoms with Crippen LogP contribution in [0.4, 0.5) is 0 Å². The molecule has 1 aromatic heterocycles. The van der Waals surface area contributed by atoms with E-state index in [0.717, 1.165) is 11.0 Å². The second kappa shape index (κ2) is 4.22. The van der Waals surface area contributed by atoms with Crippen molar-refractivity contribution in [2.75, 3.05) is 7.11 Å². The van der Waals surface area contributed by atoms with Gasteiger partial charge >= 0.3 is 11.7 Å². The van der Waals surface area contributed by atoms with Gasteiger partial charge in [-0.2, -0.15) is 0 Å². The van der Waals surface area contributed by atoms with Gasteiger partial charge in [-0.3, -0.25) is 9.36 Å². The molecule has 0 aliphatic heterocycles. The number of carbonyl (C=O) groups excluding carboxylic acids is 1. The van der Waals surface area contributed by atoms with E-state index >= 15 is 0 Å². The monoisotopic (exact) mass is 220 g/mol. The van der Waals surface area contributed by atoms with Crippen LogP contribution in [0, 0.1) is 0 Å². The number of ether oxygens (including phenoxy) is 1. The lowest BCUT2D eigenvalue weighted by Crippen LogP contribution is -2.18. The maximum atomic E-state index is 11.6. The third-order valence-electron chi connectivity index (χ3n) is 2.45. The van der Waals surface area contributed by atoms with Gasteiger partial charge in [-0.25, -0.2) is 4.79 Å². The number of para-hydroxylation sites is 2. The summed E-state index contributed by atoms with van der Waals surface area (Å²) < 4.78 is 6.07. The topological polar surface area (TPSA) is 64.1 Å². The zero-order chi connectivity index (χ0) is 11.5. The average Bonchev–Trinajstić information content (AvgIpc) is 2.62. The van der Waals surface area contributed by atoms with E-state index in [1.165, 1.54) is 11.7 Å². The van der Waals surface area contributed by atoms with Crippen molar-refractivity contribution < 1.29 is 9.53 Å². The maximum Gasteiger partial charge on any atom is 0.326 e. The van der Waals surface area contributed by atoms with E-state index < -0.39 is 0 Å². The van der Waals surface area contributed by atoms with Gasteiger partial charge < -0.3 is 9.72 Å². The van der Waals surface area contributed by atoms with Crippen molar-refractivity contribution in [1.29, 1.82) is 0 Å². The highest BCUT2D eigenvalue weighted by Crippen LogP contribution is 2.09. The molecule has 16 heavy (non-hydrogen) atoms. The summed E-state index contributed by atoms with van der Waals surface area (Å²) in [5.74, 6) is -0.322. The number of hydrogen-bond acceptors (Lipinski definition) is 3. The standard InChI is InChI=1S/C11H12N2O3/c1-16-10(14)6-7-13-9-5-3-2-4-8(9)12-11(13)15/h2-5H,6-7H2,1H3,(H,12,15). The Morgan fingerprint density at radius 1 is 1.44 bits per heavy atom. The van der Waals surface area contributed by atoms with Crippen molar-refractivity contribution in [3.05, 3.63) is 34.7 Å². The molecule has 5 heteroatoms. The molecule has 0 saturated carbocycles. The van der Waals surface area contributed by atoms with Crippen molar-refractivity contribution in [1.82, 2.24) is 9.55 Å². The van der Waals surface area contributed by atoms with Gasteiger partial charge in [0, 0.05) is 6.54 Å². The lowest BCUT2D eigenvalue weighted by Gasteiger charge is -2.01. The highest BCUT2D eigenvalue weighted by molar-refractivity contribution is 5.75. The molecule has 0 radical (unpaired) electrons. The van der Waals surface area contributed by atoms with Gasteiger partial charge in [-0.15, -0.1) is 0 Å². The van der Waals surface area contributed by atoms with Gasteiger partial charge in [-0.05, 0) is 12.1 Å². The fraction of sp³-hybridized carbons (Fsp3) is 0.273. The first kappa shape index (κ1) is 10.5. The highest BCUT2D eigenvalue weighted by Gasteiger charge is 2.07. The number of esters is 1. The Labute approximate surface area is 91.6 Å². The quantitative estimate of drug-likeness (QED) is 0.781. The van der Waals surface area contributed by atoms with Gasteiger partial charge in [0.15, 0.2) is 0 Å². The van der Waals surface area contributed by atoms with Crippen LogP contribution in [-0.4, -0.2) is 22.6 Å². The SMILES string of the molecule is COC(=O)CCn1c(=O)[nH]c2ccccc21. The van der Waals surface area contributed by atoms with Crippen molar-refractivity contribution in [3.63, 3.8) is 0 Å². The molecule has 2 rings (SSSR count). The summed E-state index contributed by atoms with van der Waals surface area (Å²) in [5.41, 5.74) is 1.37. The van der Waals surface area contributed by atoms with Crippen LogP contribution in [0.1, 0.15) is 6.42 Å². The summed E-state index contributed by atoms with van der Waals surface area (Å²) in [6, 6.07) is 7.36. The van der Waals surface area contributed by atoms with Crippen molar-refractivity contribution >= 4 is 17.0 Å². The van der Waals surface area contributed by atoms with Crippen LogP contribution >= 0.6 is 0 Å². The van der Waals surface area contributed by atoms with Crippen LogP contribution < -0.4 is 5.69 Å². The summed E-state index contributed by atoms with van der Waals surface area (Å²) in [6.07, 6.45) is 0.193. The summed E-state index contributed by atoms with van der Waals surface area (Å²) in [4.78, 5) is 25.3.